The van der Waals surface area contributed by atoms with Gasteiger partial charge in [0.15, 0.2) is 5.82 Å². The third-order valence-corrected chi connectivity index (χ3v) is 4.25. The van der Waals surface area contributed by atoms with Crippen LogP contribution < -0.4 is 0 Å². The van der Waals surface area contributed by atoms with Gasteiger partial charge in [-0.3, -0.25) is 0 Å². The average Bonchev–Trinajstić information content (AvgIpc) is 2.67. The first-order chi connectivity index (χ1) is 8.24. The molecule has 2 fully saturated rings. The van der Waals surface area contributed by atoms with Crippen LogP contribution >= 0.6 is 0 Å². The molecule has 1 heterocycles. The molecule has 2 unspecified atom stereocenters. The van der Waals surface area contributed by atoms with Crippen LogP contribution in [0.4, 0.5) is 8.78 Å². The molecular formula is C13H12F2N2. The summed E-state index contributed by atoms with van der Waals surface area (Å²) in [4.78, 5) is 7.38. The summed E-state index contributed by atoms with van der Waals surface area (Å²) in [5.41, 5.74) is 0.744. The van der Waals surface area contributed by atoms with E-state index >= 15 is 0 Å². The van der Waals surface area contributed by atoms with Gasteiger partial charge in [0.25, 0.3) is 0 Å². The van der Waals surface area contributed by atoms with E-state index in [1.165, 1.54) is 25.3 Å². The fourth-order valence-corrected chi connectivity index (χ4v) is 3.45. The number of aromatic nitrogens is 2. The minimum absolute atomic E-state index is 0.270. The summed E-state index contributed by atoms with van der Waals surface area (Å²) in [5, 5.41) is 0. The highest BCUT2D eigenvalue weighted by Gasteiger charge is 2.54. The lowest BCUT2D eigenvalue weighted by Crippen LogP contribution is -1.89. The highest BCUT2D eigenvalue weighted by atomic mass is 19.1. The van der Waals surface area contributed by atoms with Crippen molar-refractivity contribution in [1.82, 2.24) is 9.97 Å². The molecule has 2 aliphatic carbocycles. The smallest absolute Gasteiger partial charge is 0.153 e. The Balaban J connectivity index is 1.80. The molecule has 4 heteroatoms. The third kappa shape index (κ3) is 1.27. The van der Waals surface area contributed by atoms with E-state index in [9.17, 15) is 8.78 Å². The van der Waals surface area contributed by atoms with Gasteiger partial charge in [-0.15, -0.1) is 0 Å². The van der Waals surface area contributed by atoms with Crippen molar-refractivity contribution in [1.29, 1.82) is 0 Å². The molecule has 4 rings (SSSR count). The van der Waals surface area contributed by atoms with E-state index in [1.54, 1.807) is 0 Å². The van der Waals surface area contributed by atoms with Gasteiger partial charge in [0.1, 0.15) is 17.2 Å². The number of benzene rings is 1. The van der Waals surface area contributed by atoms with E-state index in [2.05, 4.69) is 9.97 Å². The van der Waals surface area contributed by atoms with Gasteiger partial charge in [-0.05, 0) is 30.7 Å². The predicted octanol–water partition coefficient (Wildman–Crippen LogP) is 3.35. The van der Waals surface area contributed by atoms with Gasteiger partial charge in [-0.25, -0.2) is 13.8 Å². The van der Waals surface area contributed by atoms with Gasteiger partial charge in [0.2, 0.25) is 0 Å². The maximum absolute atomic E-state index is 13.5. The quantitative estimate of drug-likeness (QED) is 0.805. The summed E-state index contributed by atoms with van der Waals surface area (Å²) >= 11 is 0. The Hall–Kier alpha value is -1.45. The van der Waals surface area contributed by atoms with Crippen molar-refractivity contribution in [2.24, 2.45) is 11.8 Å². The predicted molar refractivity (Wildman–Crippen MR) is 59.6 cm³/mol. The third-order valence-electron chi connectivity index (χ3n) is 4.25. The second-order valence-corrected chi connectivity index (χ2v) is 5.19. The number of imidazole rings is 1. The second kappa shape index (κ2) is 3.06. The molecule has 2 aliphatic rings. The lowest BCUT2D eigenvalue weighted by atomic mass is 10.1. The van der Waals surface area contributed by atoms with Crippen LogP contribution in [0.5, 0.6) is 0 Å². The number of H-pyrrole nitrogens is 1. The summed E-state index contributed by atoms with van der Waals surface area (Å²) in [5.74, 6) is 1.62. The maximum atomic E-state index is 13.5. The largest absolute Gasteiger partial charge is 0.342 e. The lowest BCUT2D eigenvalue weighted by Gasteiger charge is -1.97. The van der Waals surface area contributed by atoms with E-state index in [-0.39, 0.29) is 5.52 Å². The van der Waals surface area contributed by atoms with Crippen molar-refractivity contribution in [2.75, 3.05) is 0 Å². The van der Waals surface area contributed by atoms with Crippen LogP contribution in [0.2, 0.25) is 0 Å². The van der Waals surface area contributed by atoms with Crippen LogP contribution in [0, 0.1) is 23.5 Å². The number of nitrogens with zero attached hydrogens (tertiary/aromatic N) is 1. The summed E-state index contributed by atoms with van der Waals surface area (Å²) in [7, 11) is 0. The van der Waals surface area contributed by atoms with Crippen LogP contribution in [0.1, 0.15) is 31.0 Å². The molecule has 1 aromatic heterocycles. The van der Waals surface area contributed by atoms with Gasteiger partial charge in [0.05, 0.1) is 5.52 Å². The monoisotopic (exact) mass is 234 g/mol. The van der Waals surface area contributed by atoms with Crippen molar-refractivity contribution >= 4 is 11.0 Å². The SMILES string of the molecule is Fc1cc(F)c2nc(C3C4CCCC43)[nH]c2c1. The topological polar surface area (TPSA) is 28.7 Å². The fraction of sp³-hybridized carbons (Fsp3) is 0.462. The van der Waals surface area contributed by atoms with Crippen LogP contribution in [0.25, 0.3) is 11.0 Å². The summed E-state index contributed by atoms with van der Waals surface area (Å²) < 4.78 is 26.6. The zero-order chi connectivity index (χ0) is 11.6. The molecule has 0 bridgehead atoms. The number of hydrogen-bond acceptors (Lipinski definition) is 1. The molecule has 2 atom stereocenters. The fourth-order valence-electron chi connectivity index (χ4n) is 3.45. The van der Waals surface area contributed by atoms with E-state index in [1.807, 2.05) is 0 Å². The Morgan fingerprint density at radius 2 is 1.94 bits per heavy atom. The maximum Gasteiger partial charge on any atom is 0.153 e. The Morgan fingerprint density at radius 1 is 1.18 bits per heavy atom. The van der Waals surface area contributed by atoms with Crippen molar-refractivity contribution in [3.05, 3.63) is 29.6 Å². The number of rotatable bonds is 1. The molecule has 0 saturated heterocycles. The molecule has 2 nitrogen and oxygen atoms in total. The molecule has 17 heavy (non-hydrogen) atoms. The zero-order valence-electron chi connectivity index (χ0n) is 9.21. The molecular weight excluding hydrogens is 222 g/mol. The molecule has 0 spiro atoms. The molecule has 0 radical (unpaired) electrons. The molecule has 88 valence electrons. The Kier molecular flexibility index (Phi) is 1.72. The van der Waals surface area contributed by atoms with Crippen molar-refractivity contribution in [2.45, 2.75) is 25.2 Å². The second-order valence-electron chi connectivity index (χ2n) is 5.19. The Bertz CT molecular complexity index is 595. The van der Waals surface area contributed by atoms with Crippen LogP contribution in [0.3, 0.4) is 0 Å². The van der Waals surface area contributed by atoms with Gasteiger partial charge in [-0.2, -0.15) is 0 Å². The first-order valence-corrected chi connectivity index (χ1v) is 6.09. The molecule has 1 N–H and O–H groups in total. The average molecular weight is 234 g/mol. The van der Waals surface area contributed by atoms with Gasteiger partial charge < -0.3 is 4.98 Å². The Morgan fingerprint density at radius 3 is 2.71 bits per heavy atom. The highest BCUT2D eigenvalue weighted by Crippen LogP contribution is 2.62. The minimum Gasteiger partial charge on any atom is -0.342 e. The van der Waals surface area contributed by atoms with E-state index in [0.29, 0.717) is 11.4 Å². The number of fused-ring (bicyclic) bond motifs is 2. The lowest BCUT2D eigenvalue weighted by molar-refractivity contribution is 0.590. The van der Waals surface area contributed by atoms with Crippen molar-refractivity contribution in [3.8, 4) is 0 Å². The highest BCUT2D eigenvalue weighted by molar-refractivity contribution is 5.76. The normalized spacial score (nSPS) is 30.8. The Labute approximate surface area is 97.1 Å². The summed E-state index contributed by atoms with van der Waals surface area (Å²) in [6.07, 6.45) is 3.81. The number of hydrogen-bond donors (Lipinski definition) is 1. The van der Waals surface area contributed by atoms with Gasteiger partial charge in [-0.1, -0.05) is 6.42 Å². The molecule has 0 aliphatic heterocycles. The molecule has 0 amide bonds. The van der Waals surface area contributed by atoms with Crippen LogP contribution in [0.15, 0.2) is 12.1 Å². The number of aromatic amines is 1. The summed E-state index contributed by atoms with van der Waals surface area (Å²) in [6, 6.07) is 2.20. The first kappa shape index (κ1) is 9.57. The molecule has 2 saturated carbocycles. The standard InChI is InChI=1S/C13H12F2N2/c14-6-4-9(15)12-10(5-6)16-13(17-12)11-7-2-1-3-8(7)11/h4-5,7-8,11H,1-3H2,(H,16,17). The van der Waals surface area contributed by atoms with Crippen LogP contribution in [-0.4, -0.2) is 9.97 Å². The van der Waals surface area contributed by atoms with E-state index in [4.69, 9.17) is 0 Å². The number of nitrogens with one attached hydrogen (secondary N) is 1. The zero-order valence-corrected chi connectivity index (χ0v) is 9.21. The van der Waals surface area contributed by atoms with E-state index in [0.717, 1.165) is 23.7 Å². The molecule has 2 aromatic rings. The van der Waals surface area contributed by atoms with Gasteiger partial charge in [0, 0.05) is 12.0 Å². The van der Waals surface area contributed by atoms with Crippen molar-refractivity contribution < 1.29 is 8.78 Å². The first-order valence-electron chi connectivity index (χ1n) is 6.09. The molecule has 1 aromatic carbocycles. The van der Waals surface area contributed by atoms with Gasteiger partial charge >= 0.3 is 0 Å². The van der Waals surface area contributed by atoms with Crippen molar-refractivity contribution in [3.63, 3.8) is 0 Å². The van der Waals surface area contributed by atoms with Crippen LogP contribution in [-0.2, 0) is 0 Å². The summed E-state index contributed by atoms with van der Waals surface area (Å²) in [6.45, 7) is 0. The van der Waals surface area contributed by atoms with E-state index < -0.39 is 11.6 Å². The minimum atomic E-state index is -0.576. The number of halogens is 2.